The molecule has 5 nitrogen and oxygen atoms in total. The van der Waals surface area contributed by atoms with Crippen LogP contribution in [-0.4, -0.2) is 36.3 Å². The molecule has 0 saturated carbocycles. The lowest BCUT2D eigenvalue weighted by molar-refractivity contribution is -0.164. The smallest absolute Gasteiger partial charge is 0.382 e. The van der Waals surface area contributed by atoms with Gasteiger partial charge in [-0.15, -0.1) is 0 Å². The van der Waals surface area contributed by atoms with Gasteiger partial charge in [-0.1, -0.05) is 6.58 Å². The van der Waals surface area contributed by atoms with Gasteiger partial charge in [0.15, 0.2) is 0 Å². The summed E-state index contributed by atoms with van der Waals surface area (Å²) in [6.07, 6.45) is 0.0281. The highest BCUT2D eigenvalue weighted by Gasteiger charge is 2.38. The van der Waals surface area contributed by atoms with Crippen molar-refractivity contribution in [2.45, 2.75) is 18.8 Å². The minimum atomic E-state index is -3.85. The molecule has 0 heterocycles. The number of rotatable bonds is 5. The number of halogens is 4. The Morgan fingerprint density at radius 2 is 1.79 bits per heavy atom. The van der Waals surface area contributed by atoms with E-state index in [9.17, 15) is 31.9 Å². The Bertz CT molecular complexity index is 389. The number of amides is 1. The highest BCUT2D eigenvalue weighted by molar-refractivity contribution is 5.83. The van der Waals surface area contributed by atoms with Gasteiger partial charge in [-0.3, -0.25) is 4.79 Å². The zero-order chi connectivity index (χ0) is 15.7. The summed E-state index contributed by atoms with van der Waals surface area (Å²) in [6, 6.07) is 0. The molecule has 0 fully saturated rings. The van der Waals surface area contributed by atoms with Crippen molar-refractivity contribution in [3.05, 3.63) is 18.7 Å². The molecular formula is C10H11F4NO4. The van der Waals surface area contributed by atoms with Crippen LogP contribution in [0.3, 0.4) is 0 Å². The first-order valence-electron chi connectivity index (χ1n) is 4.63. The summed E-state index contributed by atoms with van der Waals surface area (Å²) >= 11 is 0. The van der Waals surface area contributed by atoms with Crippen LogP contribution in [0, 0.1) is 0 Å². The fourth-order valence-corrected chi connectivity index (χ4v) is 0.461. The fraction of sp³-hybridized carbons (Fsp3) is 0.400. The number of hydrogen-bond acceptors (Lipinski definition) is 4. The maximum absolute atomic E-state index is 12.2. The molecular weight excluding hydrogens is 274 g/mol. The van der Waals surface area contributed by atoms with Crippen LogP contribution in [0.2, 0.25) is 0 Å². The van der Waals surface area contributed by atoms with Crippen molar-refractivity contribution in [2.24, 2.45) is 5.73 Å². The molecule has 2 N–H and O–H groups in total. The Kier molecular flexibility index (Phi) is 8.12. The summed E-state index contributed by atoms with van der Waals surface area (Å²) in [4.78, 5) is 29.4. The van der Waals surface area contributed by atoms with E-state index in [2.05, 4.69) is 17.0 Å². The molecule has 0 spiro atoms. The second-order valence-electron chi connectivity index (χ2n) is 2.80. The first-order chi connectivity index (χ1) is 8.55. The summed E-state index contributed by atoms with van der Waals surface area (Å²) in [7, 11) is 0. The molecule has 9 heteroatoms. The van der Waals surface area contributed by atoms with E-state index in [1.807, 2.05) is 0 Å². The first kappa shape index (κ1) is 19.2. The van der Waals surface area contributed by atoms with Gasteiger partial charge in [0, 0.05) is 0 Å². The standard InChI is InChI=1S/C6H6F2O3.C4H5F2NO/c1-2-11-5(10)6(7,8)3-4-9;1-2-4(5,6)3(7)8/h3H,2H2,1H3;2H,1H2,(H2,7,8). The van der Waals surface area contributed by atoms with Crippen LogP contribution in [-0.2, 0) is 19.1 Å². The molecule has 0 radical (unpaired) electrons. The van der Waals surface area contributed by atoms with Gasteiger partial charge >= 0.3 is 17.8 Å². The number of primary amides is 1. The summed E-state index contributed by atoms with van der Waals surface area (Å²) in [5.74, 6) is -9.99. The highest BCUT2D eigenvalue weighted by Crippen LogP contribution is 2.15. The van der Waals surface area contributed by atoms with Crippen LogP contribution in [0.25, 0.3) is 0 Å². The lowest BCUT2D eigenvalue weighted by Gasteiger charge is -2.07. The highest BCUT2D eigenvalue weighted by atomic mass is 19.3. The Hall–Kier alpha value is -2.15. The third kappa shape index (κ3) is 7.72. The van der Waals surface area contributed by atoms with Gasteiger partial charge in [-0.2, -0.15) is 17.6 Å². The van der Waals surface area contributed by atoms with Crippen LogP contribution in [0.5, 0.6) is 0 Å². The average molecular weight is 285 g/mol. The second-order valence-corrected chi connectivity index (χ2v) is 2.80. The monoisotopic (exact) mass is 285 g/mol. The molecule has 0 bridgehead atoms. The van der Waals surface area contributed by atoms with Crippen molar-refractivity contribution in [3.8, 4) is 0 Å². The number of hydrogen-bond donors (Lipinski definition) is 1. The van der Waals surface area contributed by atoms with E-state index in [1.54, 1.807) is 0 Å². The minimum absolute atomic E-state index is 0.152. The van der Waals surface area contributed by atoms with E-state index in [-0.39, 0.29) is 18.8 Å². The van der Waals surface area contributed by atoms with Crippen LogP contribution in [0.15, 0.2) is 18.7 Å². The van der Waals surface area contributed by atoms with Crippen molar-refractivity contribution in [3.63, 3.8) is 0 Å². The predicted octanol–water partition coefficient (Wildman–Crippen LogP) is 0.866. The van der Waals surface area contributed by atoms with Gasteiger partial charge in [-0.05, 0) is 13.0 Å². The van der Waals surface area contributed by atoms with Gasteiger partial charge in [-0.25, -0.2) is 9.59 Å². The lowest BCUT2D eigenvalue weighted by Crippen LogP contribution is -2.32. The summed E-state index contributed by atoms with van der Waals surface area (Å²) in [5, 5.41) is 0. The normalized spacial score (nSPS) is 10.4. The van der Waals surface area contributed by atoms with E-state index < -0.39 is 23.7 Å². The molecule has 0 aliphatic carbocycles. The van der Waals surface area contributed by atoms with Crippen LogP contribution in [0.1, 0.15) is 6.92 Å². The number of ether oxygens (including phenoxy) is 1. The predicted molar refractivity (Wildman–Crippen MR) is 56.2 cm³/mol. The van der Waals surface area contributed by atoms with E-state index >= 15 is 0 Å². The van der Waals surface area contributed by atoms with Crippen LogP contribution < -0.4 is 5.73 Å². The topological polar surface area (TPSA) is 86.5 Å². The number of nitrogens with two attached hydrogens (primary N) is 1. The number of carbonyl (C=O) groups excluding carboxylic acids is 3. The van der Waals surface area contributed by atoms with Gasteiger partial charge < -0.3 is 10.5 Å². The van der Waals surface area contributed by atoms with Gasteiger partial charge in [0.05, 0.1) is 12.7 Å². The lowest BCUT2D eigenvalue weighted by atomic mass is 10.3. The minimum Gasteiger partial charge on any atom is -0.461 e. The average Bonchev–Trinajstić information content (AvgIpc) is 2.30. The van der Waals surface area contributed by atoms with E-state index in [4.69, 9.17) is 0 Å². The fourth-order valence-electron chi connectivity index (χ4n) is 0.461. The van der Waals surface area contributed by atoms with Crippen molar-refractivity contribution < 1.29 is 36.7 Å². The molecule has 0 rings (SSSR count). The third-order valence-corrected chi connectivity index (χ3v) is 1.37. The van der Waals surface area contributed by atoms with Crippen molar-refractivity contribution in [1.82, 2.24) is 0 Å². The molecule has 0 aromatic rings. The molecule has 108 valence electrons. The molecule has 0 aromatic carbocycles. The summed E-state index contributed by atoms with van der Waals surface area (Å²) in [5.41, 5.74) is 4.22. The summed E-state index contributed by atoms with van der Waals surface area (Å²) in [6.45, 7) is 3.94. The molecule has 0 unspecified atom stereocenters. The van der Waals surface area contributed by atoms with Gasteiger partial charge in [0.2, 0.25) is 0 Å². The van der Waals surface area contributed by atoms with E-state index in [0.717, 1.165) is 5.94 Å². The Balaban J connectivity index is 0. The summed E-state index contributed by atoms with van der Waals surface area (Å²) < 4.78 is 51.7. The van der Waals surface area contributed by atoms with Crippen LogP contribution >= 0.6 is 0 Å². The second kappa shape index (κ2) is 8.04. The Morgan fingerprint density at radius 1 is 1.32 bits per heavy atom. The van der Waals surface area contributed by atoms with Gasteiger partial charge in [0.25, 0.3) is 5.91 Å². The molecule has 0 saturated heterocycles. The maximum atomic E-state index is 12.2. The molecule has 0 aliphatic rings. The SMILES string of the molecule is C=CC(F)(F)C(N)=O.CCOC(=O)C(F)(F)C=C=O. The Labute approximate surface area is 105 Å². The first-order valence-corrected chi connectivity index (χ1v) is 4.63. The zero-order valence-corrected chi connectivity index (χ0v) is 9.79. The maximum Gasteiger partial charge on any atom is 0.382 e. The van der Waals surface area contributed by atoms with Crippen LogP contribution in [0.4, 0.5) is 17.6 Å². The van der Waals surface area contributed by atoms with Crippen molar-refractivity contribution >= 4 is 17.8 Å². The van der Waals surface area contributed by atoms with E-state index in [0.29, 0.717) is 0 Å². The quantitative estimate of drug-likeness (QED) is 0.351. The van der Waals surface area contributed by atoms with Crippen molar-refractivity contribution in [1.29, 1.82) is 0 Å². The molecule has 19 heavy (non-hydrogen) atoms. The number of carbonyl (C=O) groups is 2. The van der Waals surface area contributed by atoms with E-state index in [1.165, 1.54) is 6.92 Å². The molecule has 1 amide bonds. The van der Waals surface area contributed by atoms with Crippen molar-refractivity contribution in [2.75, 3.05) is 6.61 Å². The largest absolute Gasteiger partial charge is 0.461 e. The number of esters is 1. The third-order valence-electron chi connectivity index (χ3n) is 1.37. The zero-order valence-electron chi connectivity index (χ0n) is 9.79. The Morgan fingerprint density at radius 3 is 2.00 bits per heavy atom. The molecule has 0 aliphatic heterocycles. The molecule has 0 aromatic heterocycles. The molecule has 0 atom stereocenters. The van der Waals surface area contributed by atoms with Gasteiger partial charge in [0.1, 0.15) is 5.94 Å². The number of alkyl halides is 4.